The second-order valence-corrected chi connectivity index (χ2v) is 10.2. The zero-order valence-corrected chi connectivity index (χ0v) is 23.3. The molecule has 0 fully saturated rings. The Balaban J connectivity index is 1.58. The van der Waals surface area contributed by atoms with Crippen molar-refractivity contribution in [2.45, 2.75) is 130 Å². The average Bonchev–Trinajstić information content (AvgIpc) is 2.91. The molecule has 2 aromatic heterocycles. The van der Waals surface area contributed by atoms with Gasteiger partial charge in [0.1, 0.15) is 13.1 Å². The zero-order chi connectivity index (χ0) is 25.5. The van der Waals surface area contributed by atoms with Crippen LogP contribution in [0.5, 0.6) is 0 Å². The van der Waals surface area contributed by atoms with Crippen LogP contribution in [-0.2, 0) is 13.1 Å². The molecule has 0 aliphatic heterocycles. The molecule has 0 aliphatic carbocycles. The number of nitrogens with zero attached hydrogens (tertiary/aromatic N) is 4. The number of aryl methyl sites for hydroxylation is 2. The van der Waals surface area contributed by atoms with Gasteiger partial charge in [0.15, 0.2) is 24.8 Å². The van der Waals surface area contributed by atoms with E-state index < -0.39 is 0 Å². The molecule has 2 rings (SSSR count). The number of aromatic nitrogens is 2. The Hall–Kier alpha value is -2.36. The first-order valence-electron chi connectivity index (χ1n) is 14.9. The summed E-state index contributed by atoms with van der Waals surface area (Å²) in [6.45, 7) is 6.74. The fourth-order valence-corrected chi connectivity index (χ4v) is 4.46. The molecule has 0 radical (unpaired) electrons. The number of hydrogen-bond donors (Lipinski definition) is 0. The summed E-state index contributed by atoms with van der Waals surface area (Å²) in [5.74, 6) is 0. The van der Waals surface area contributed by atoms with Crippen LogP contribution >= 0.6 is 0 Å². The van der Waals surface area contributed by atoms with E-state index in [1.807, 2.05) is 12.4 Å². The van der Waals surface area contributed by atoms with Gasteiger partial charge < -0.3 is 0 Å². The fourth-order valence-electron chi connectivity index (χ4n) is 4.46. The van der Waals surface area contributed by atoms with E-state index in [0.717, 1.165) is 24.2 Å². The van der Waals surface area contributed by atoms with Crippen LogP contribution in [0.3, 0.4) is 0 Å². The Labute approximate surface area is 221 Å². The molecule has 198 valence electrons. The summed E-state index contributed by atoms with van der Waals surface area (Å²) in [6.07, 6.45) is 34.0. The normalized spacial score (nSPS) is 11.7. The molecule has 36 heavy (non-hydrogen) atoms. The van der Waals surface area contributed by atoms with Gasteiger partial charge in [-0.15, -0.1) is 0 Å². The molecule has 0 saturated carbocycles. The molecule has 2 heterocycles. The Morgan fingerprint density at radius 1 is 0.472 bits per heavy atom. The quantitative estimate of drug-likeness (QED) is 0.0732. The van der Waals surface area contributed by atoms with E-state index in [2.05, 4.69) is 82.2 Å². The maximum Gasteiger partial charge on any atom is 0.169 e. The van der Waals surface area contributed by atoms with Crippen molar-refractivity contribution in [2.75, 3.05) is 0 Å². The van der Waals surface area contributed by atoms with Crippen molar-refractivity contribution >= 4 is 12.4 Å². The van der Waals surface area contributed by atoms with E-state index in [1.54, 1.807) is 0 Å². The third-order valence-corrected chi connectivity index (χ3v) is 6.85. The van der Waals surface area contributed by atoms with Crippen molar-refractivity contribution in [2.24, 2.45) is 10.2 Å². The summed E-state index contributed by atoms with van der Waals surface area (Å²) in [7, 11) is 0. The predicted octanol–water partition coefficient (Wildman–Crippen LogP) is 8.00. The van der Waals surface area contributed by atoms with Crippen molar-refractivity contribution in [1.82, 2.24) is 0 Å². The van der Waals surface area contributed by atoms with E-state index >= 15 is 0 Å². The minimum absolute atomic E-state index is 1.08. The summed E-state index contributed by atoms with van der Waals surface area (Å²) >= 11 is 0. The molecule has 0 unspecified atom stereocenters. The van der Waals surface area contributed by atoms with E-state index in [9.17, 15) is 0 Å². The van der Waals surface area contributed by atoms with E-state index in [1.165, 1.54) is 103 Å². The van der Waals surface area contributed by atoms with Crippen molar-refractivity contribution in [1.29, 1.82) is 0 Å². The van der Waals surface area contributed by atoms with Gasteiger partial charge >= 0.3 is 0 Å². The smallest absolute Gasteiger partial charge is 0.169 e. The molecule has 0 amide bonds. The third-order valence-electron chi connectivity index (χ3n) is 6.85. The lowest BCUT2D eigenvalue weighted by Gasteiger charge is -2.00. The first kappa shape index (κ1) is 29.9. The van der Waals surface area contributed by atoms with Crippen LogP contribution < -0.4 is 9.13 Å². The Morgan fingerprint density at radius 2 is 0.778 bits per heavy atom. The monoisotopic (exact) mass is 492 g/mol. The Kier molecular flexibility index (Phi) is 17.3. The highest BCUT2D eigenvalue weighted by atomic mass is 15.2. The molecule has 4 heteroatoms. The van der Waals surface area contributed by atoms with Gasteiger partial charge in [-0.3, -0.25) is 0 Å². The second kappa shape index (κ2) is 20.8. The van der Waals surface area contributed by atoms with Gasteiger partial charge in [-0.05, 0) is 12.8 Å². The third kappa shape index (κ3) is 14.9. The summed E-state index contributed by atoms with van der Waals surface area (Å²) < 4.78 is 4.54. The largest absolute Gasteiger partial charge is 0.205 e. The molecule has 0 aromatic carbocycles. The fraction of sp³-hybridized carbons (Fsp3) is 0.625. The molecule has 0 saturated heterocycles. The highest BCUT2D eigenvalue weighted by molar-refractivity contribution is 5.82. The average molecular weight is 493 g/mol. The first-order chi connectivity index (χ1) is 17.8. The Bertz CT molecular complexity index is 753. The van der Waals surface area contributed by atoms with Crippen LogP contribution in [-0.4, -0.2) is 12.4 Å². The van der Waals surface area contributed by atoms with Gasteiger partial charge in [0.2, 0.25) is 0 Å². The van der Waals surface area contributed by atoms with Gasteiger partial charge in [-0.25, -0.2) is 9.13 Å². The summed E-state index contributed by atoms with van der Waals surface area (Å²) in [6, 6.07) is 8.45. The summed E-state index contributed by atoms with van der Waals surface area (Å²) in [4.78, 5) is 0. The van der Waals surface area contributed by atoms with Gasteiger partial charge in [0, 0.05) is 48.2 Å². The molecule has 0 bridgehead atoms. The van der Waals surface area contributed by atoms with Gasteiger partial charge in [0.25, 0.3) is 0 Å². The number of hydrogen-bond acceptors (Lipinski definition) is 2. The maximum absolute atomic E-state index is 4.23. The highest BCUT2D eigenvalue weighted by Crippen LogP contribution is 2.09. The molecule has 0 atom stereocenters. The second-order valence-electron chi connectivity index (χ2n) is 10.2. The van der Waals surface area contributed by atoms with Crippen molar-refractivity contribution in [3.05, 3.63) is 60.2 Å². The van der Waals surface area contributed by atoms with Gasteiger partial charge in [-0.2, -0.15) is 10.2 Å². The van der Waals surface area contributed by atoms with E-state index in [0.29, 0.717) is 0 Å². The lowest BCUT2D eigenvalue weighted by Crippen LogP contribution is -2.32. The number of pyridine rings is 2. The van der Waals surface area contributed by atoms with Crippen LogP contribution in [0.1, 0.15) is 128 Å². The minimum Gasteiger partial charge on any atom is -0.205 e. The van der Waals surface area contributed by atoms with Crippen LogP contribution in [0.25, 0.3) is 0 Å². The van der Waals surface area contributed by atoms with Crippen molar-refractivity contribution < 1.29 is 9.13 Å². The zero-order valence-electron chi connectivity index (χ0n) is 23.3. The molecular formula is C32H52N4+2. The molecular weight excluding hydrogens is 440 g/mol. The van der Waals surface area contributed by atoms with Crippen LogP contribution in [0.15, 0.2) is 59.3 Å². The maximum atomic E-state index is 4.23. The number of unbranched alkanes of at least 4 members (excludes halogenated alkanes) is 14. The minimum atomic E-state index is 1.08. The first-order valence-corrected chi connectivity index (χ1v) is 14.9. The molecule has 4 nitrogen and oxygen atoms in total. The van der Waals surface area contributed by atoms with Crippen LogP contribution in [0.2, 0.25) is 0 Å². The van der Waals surface area contributed by atoms with Crippen LogP contribution in [0.4, 0.5) is 0 Å². The van der Waals surface area contributed by atoms with Gasteiger partial charge in [-0.1, -0.05) is 90.9 Å². The van der Waals surface area contributed by atoms with Crippen molar-refractivity contribution in [3.63, 3.8) is 0 Å². The standard InChI is InChI=1S/C32H52N4/c1-3-5-7-9-11-13-15-17-23-35-25-19-31(20-26-35)29-33-34-30-32-21-27-36(28-22-32)24-18-16-14-12-10-8-6-4-2/h19-22,25-30H,3-18,23-24H2,1-2H3/q+2. The van der Waals surface area contributed by atoms with Crippen LogP contribution in [0, 0.1) is 0 Å². The molecule has 2 aromatic rings. The predicted molar refractivity (Wildman–Crippen MR) is 154 cm³/mol. The topological polar surface area (TPSA) is 32.5 Å². The molecule has 0 spiro atoms. The lowest BCUT2D eigenvalue weighted by molar-refractivity contribution is -0.697. The highest BCUT2D eigenvalue weighted by Gasteiger charge is 2.01. The SMILES string of the molecule is CCCCCCCCCC[n+]1ccc(/C=N/N=C/c2cc[n+](CCCCCCCCCC)cc2)cc1. The Morgan fingerprint density at radius 3 is 1.11 bits per heavy atom. The molecule has 0 N–H and O–H groups in total. The molecule has 0 aliphatic rings. The van der Waals surface area contributed by atoms with Gasteiger partial charge in [0.05, 0.1) is 12.4 Å². The van der Waals surface area contributed by atoms with Crippen molar-refractivity contribution in [3.8, 4) is 0 Å². The summed E-state index contributed by atoms with van der Waals surface area (Å²) in [5, 5.41) is 8.46. The summed E-state index contributed by atoms with van der Waals surface area (Å²) in [5.41, 5.74) is 2.16. The lowest BCUT2D eigenvalue weighted by atomic mass is 10.1. The number of rotatable bonds is 21. The van der Waals surface area contributed by atoms with E-state index in [-0.39, 0.29) is 0 Å². The van der Waals surface area contributed by atoms with E-state index in [4.69, 9.17) is 0 Å².